The van der Waals surface area contributed by atoms with Crippen molar-refractivity contribution < 1.29 is 4.79 Å². The van der Waals surface area contributed by atoms with Crippen LogP contribution >= 0.6 is 15.9 Å². The molecular formula is C19H19BrN4O. The highest BCUT2D eigenvalue weighted by molar-refractivity contribution is 9.10. The van der Waals surface area contributed by atoms with Gasteiger partial charge in [0, 0.05) is 37.0 Å². The second kappa shape index (κ2) is 7.98. The zero-order valence-corrected chi connectivity index (χ0v) is 15.5. The minimum absolute atomic E-state index is 0.104. The molecule has 0 radical (unpaired) electrons. The van der Waals surface area contributed by atoms with Crippen LogP contribution in [0, 0.1) is 0 Å². The van der Waals surface area contributed by atoms with E-state index < -0.39 is 0 Å². The van der Waals surface area contributed by atoms with Crippen molar-refractivity contribution in [2.45, 2.75) is 13.1 Å². The highest BCUT2D eigenvalue weighted by Crippen LogP contribution is 2.12. The Morgan fingerprint density at radius 2 is 1.96 bits per heavy atom. The van der Waals surface area contributed by atoms with Gasteiger partial charge in [-0.2, -0.15) is 5.10 Å². The molecule has 0 fully saturated rings. The molecule has 1 heterocycles. The van der Waals surface area contributed by atoms with E-state index in [4.69, 9.17) is 0 Å². The summed E-state index contributed by atoms with van der Waals surface area (Å²) in [5.41, 5.74) is 3.08. The van der Waals surface area contributed by atoms with Crippen molar-refractivity contribution in [3.05, 3.63) is 82.6 Å². The molecule has 3 aromatic rings. The van der Waals surface area contributed by atoms with Gasteiger partial charge in [0.2, 0.25) is 0 Å². The maximum absolute atomic E-state index is 12.3. The van der Waals surface area contributed by atoms with Crippen molar-refractivity contribution in [2.24, 2.45) is 0 Å². The van der Waals surface area contributed by atoms with E-state index in [0.29, 0.717) is 13.1 Å². The topological polar surface area (TPSA) is 50.2 Å². The predicted octanol–water partition coefficient (Wildman–Crippen LogP) is 3.98. The molecule has 2 amide bonds. The summed E-state index contributed by atoms with van der Waals surface area (Å²) in [4.78, 5) is 14.0. The fourth-order valence-electron chi connectivity index (χ4n) is 2.48. The number of carbonyl (C=O) groups excluding carboxylic acids is 1. The minimum Gasteiger partial charge on any atom is -0.334 e. The van der Waals surface area contributed by atoms with Crippen LogP contribution in [0.5, 0.6) is 0 Å². The molecule has 0 aliphatic rings. The zero-order chi connectivity index (χ0) is 17.6. The molecule has 0 spiro atoms. The van der Waals surface area contributed by atoms with Crippen LogP contribution in [0.3, 0.4) is 0 Å². The molecule has 0 saturated heterocycles. The molecule has 1 aromatic heterocycles. The third-order valence-corrected chi connectivity index (χ3v) is 4.33. The molecule has 0 atom stereocenters. The van der Waals surface area contributed by atoms with Crippen LogP contribution in [0.25, 0.3) is 5.69 Å². The van der Waals surface area contributed by atoms with Crippen molar-refractivity contribution in [1.82, 2.24) is 20.0 Å². The molecule has 0 unspecified atom stereocenters. The molecule has 1 N–H and O–H groups in total. The normalized spacial score (nSPS) is 10.5. The number of amides is 2. The molecule has 25 heavy (non-hydrogen) atoms. The second-order valence-corrected chi connectivity index (χ2v) is 6.68. The Labute approximate surface area is 155 Å². The average molecular weight is 399 g/mol. The Bertz CT molecular complexity index is 831. The highest BCUT2D eigenvalue weighted by Gasteiger charge is 2.09. The number of halogens is 1. The smallest absolute Gasteiger partial charge is 0.317 e. The average Bonchev–Trinajstić information content (AvgIpc) is 3.16. The first-order chi connectivity index (χ1) is 12.1. The summed E-state index contributed by atoms with van der Waals surface area (Å²) < 4.78 is 2.82. The molecule has 6 heteroatoms. The Hall–Kier alpha value is -2.60. The van der Waals surface area contributed by atoms with Crippen molar-refractivity contribution >= 4 is 22.0 Å². The van der Waals surface area contributed by atoms with Gasteiger partial charge in [-0.15, -0.1) is 0 Å². The van der Waals surface area contributed by atoms with Gasteiger partial charge in [0.05, 0.1) is 5.69 Å². The van der Waals surface area contributed by atoms with Crippen LogP contribution in [0.4, 0.5) is 4.79 Å². The summed E-state index contributed by atoms with van der Waals surface area (Å²) in [6.45, 7) is 1.03. The third kappa shape index (κ3) is 4.70. The number of aromatic nitrogens is 2. The lowest BCUT2D eigenvalue weighted by Gasteiger charge is -2.18. The number of hydrogen-bond donors (Lipinski definition) is 1. The van der Waals surface area contributed by atoms with E-state index in [2.05, 4.69) is 26.3 Å². The highest BCUT2D eigenvalue weighted by atomic mass is 79.9. The second-order valence-electron chi connectivity index (χ2n) is 5.76. The third-order valence-electron chi connectivity index (χ3n) is 3.80. The maximum atomic E-state index is 12.3. The summed E-state index contributed by atoms with van der Waals surface area (Å²) in [7, 11) is 1.79. The van der Waals surface area contributed by atoms with Crippen molar-refractivity contribution in [3.63, 3.8) is 0 Å². The number of carbonyl (C=O) groups is 1. The first-order valence-electron chi connectivity index (χ1n) is 7.94. The Balaban J connectivity index is 1.56. The molecular weight excluding hydrogens is 380 g/mol. The van der Waals surface area contributed by atoms with Gasteiger partial charge in [-0.25, -0.2) is 9.48 Å². The SMILES string of the molecule is CN(Cc1ccc(Br)cc1)C(=O)NCc1cccc(-n2cccn2)c1. The number of hydrogen-bond acceptors (Lipinski definition) is 2. The minimum atomic E-state index is -0.104. The van der Waals surface area contributed by atoms with Crippen LogP contribution in [-0.2, 0) is 13.1 Å². The number of nitrogens with one attached hydrogen (secondary N) is 1. The molecule has 0 bridgehead atoms. The standard InChI is InChI=1S/C19H19BrN4O/c1-23(14-15-6-8-17(20)9-7-15)19(25)21-13-16-4-2-5-18(12-16)24-11-3-10-22-24/h2-12H,13-14H2,1H3,(H,21,25). The summed E-state index contributed by atoms with van der Waals surface area (Å²) in [5, 5.41) is 7.17. The van der Waals surface area contributed by atoms with E-state index in [1.54, 1.807) is 22.8 Å². The van der Waals surface area contributed by atoms with Crippen LogP contribution in [0.1, 0.15) is 11.1 Å². The van der Waals surface area contributed by atoms with Gasteiger partial charge in [0.1, 0.15) is 0 Å². The zero-order valence-electron chi connectivity index (χ0n) is 13.9. The first-order valence-corrected chi connectivity index (χ1v) is 8.73. The van der Waals surface area contributed by atoms with Gasteiger partial charge in [-0.1, -0.05) is 40.2 Å². The molecule has 128 valence electrons. The van der Waals surface area contributed by atoms with E-state index in [1.807, 2.05) is 60.8 Å². The van der Waals surface area contributed by atoms with Crippen LogP contribution in [-0.4, -0.2) is 27.8 Å². The summed E-state index contributed by atoms with van der Waals surface area (Å²) in [6, 6.07) is 17.7. The van der Waals surface area contributed by atoms with E-state index >= 15 is 0 Å². The number of rotatable bonds is 5. The molecule has 0 saturated carbocycles. The largest absolute Gasteiger partial charge is 0.334 e. The summed E-state index contributed by atoms with van der Waals surface area (Å²) in [6.07, 6.45) is 3.63. The van der Waals surface area contributed by atoms with Gasteiger partial charge < -0.3 is 10.2 Å². The Morgan fingerprint density at radius 1 is 1.16 bits per heavy atom. The maximum Gasteiger partial charge on any atom is 0.317 e. The Kier molecular flexibility index (Phi) is 5.50. The van der Waals surface area contributed by atoms with Crippen molar-refractivity contribution in [2.75, 3.05) is 7.05 Å². The first kappa shape index (κ1) is 17.2. The van der Waals surface area contributed by atoms with Gasteiger partial charge in [-0.3, -0.25) is 0 Å². The fraction of sp³-hybridized carbons (Fsp3) is 0.158. The monoisotopic (exact) mass is 398 g/mol. The summed E-state index contributed by atoms with van der Waals surface area (Å²) in [5.74, 6) is 0. The Morgan fingerprint density at radius 3 is 2.68 bits per heavy atom. The molecule has 0 aliphatic heterocycles. The van der Waals surface area contributed by atoms with Gasteiger partial charge >= 0.3 is 6.03 Å². The summed E-state index contributed by atoms with van der Waals surface area (Å²) >= 11 is 3.41. The number of benzene rings is 2. The lowest BCUT2D eigenvalue weighted by atomic mass is 10.2. The van der Waals surface area contributed by atoms with Crippen molar-refractivity contribution in [3.8, 4) is 5.69 Å². The van der Waals surface area contributed by atoms with E-state index in [-0.39, 0.29) is 6.03 Å². The van der Waals surface area contributed by atoms with E-state index in [9.17, 15) is 4.79 Å². The molecule has 0 aliphatic carbocycles. The lowest BCUT2D eigenvalue weighted by Crippen LogP contribution is -2.36. The van der Waals surface area contributed by atoms with Crippen LogP contribution in [0.15, 0.2) is 71.5 Å². The number of urea groups is 1. The quantitative estimate of drug-likeness (QED) is 0.706. The number of nitrogens with zero attached hydrogens (tertiary/aromatic N) is 3. The lowest BCUT2D eigenvalue weighted by molar-refractivity contribution is 0.206. The van der Waals surface area contributed by atoms with E-state index in [0.717, 1.165) is 21.3 Å². The molecule has 3 rings (SSSR count). The molecule has 5 nitrogen and oxygen atoms in total. The van der Waals surface area contributed by atoms with Gasteiger partial charge in [0.15, 0.2) is 0 Å². The van der Waals surface area contributed by atoms with Gasteiger partial charge in [-0.05, 0) is 41.5 Å². The van der Waals surface area contributed by atoms with E-state index in [1.165, 1.54) is 0 Å². The van der Waals surface area contributed by atoms with Gasteiger partial charge in [0.25, 0.3) is 0 Å². The fourth-order valence-corrected chi connectivity index (χ4v) is 2.74. The molecule has 2 aromatic carbocycles. The van der Waals surface area contributed by atoms with Crippen LogP contribution in [0.2, 0.25) is 0 Å². The van der Waals surface area contributed by atoms with Crippen LogP contribution < -0.4 is 5.32 Å². The predicted molar refractivity (Wildman–Crippen MR) is 101 cm³/mol. The van der Waals surface area contributed by atoms with Crippen molar-refractivity contribution in [1.29, 1.82) is 0 Å².